The third-order valence-corrected chi connectivity index (χ3v) is 6.07. The lowest BCUT2D eigenvalue weighted by Gasteiger charge is -2.57. The van der Waals surface area contributed by atoms with Crippen LogP contribution in [0.15, 0.2) is 24.3 Å². The molecule has 1 aromatic carbocycles. The summed E-state index contributed by atoms with van der Waals surface area (Å²) in [5.74, 6) is 3.54. The topological polar surface area (TPSA) is 67.5 Å². The van der Waals surface area contributed by atoms with Gasteiger partial charge in [0.15, 0.2) is 0 Å². The van der Waals surface area contributed by atoms with Gasteiger partial charge in [-0.25, -0.2) is 0 Å². The molecule has 4 bridgehead atoms. The highest BCUT2D eigenvalue weighted by atomic mass is 16.5. The van der Waals surface area contributed by atoms with Crippen molar-refractivity contribution in [3.8, 4) is 5.75 Å². The molecule has 4 nitrogen and oxygen atoms in total. The Morgan fingerprint density at radius 3 is 2.22 bits per heavy atom. The SMILES string of the molecule is Nc1ccc(OCC(O)CNC23CC4CC(CC(C4)C2)C3)cc1. The maximum absolute atomic E-state index is 10.3. The minimum atomic E-state index is -0.472. The highest BCUT2D eigenvalue weighted by molar-refractivity contribution is 5.41. The van der Waals surface area contributed by atoms with E-state index < -0.39 is 6.10 Å². The number of benzene rings is 1. The number of aliphatic hydroxyl groups is 1. The average molecular weight is 316 g/mol. The molecule has 23 heavy (non-hydrogen) atoms. The Bertz CT molecular complexity index is 508. The van der Waals surface area contributed by atoms with Crippen LogP contribution in [0.3, 0.4) is 0 Å². The first-order valence-electron chi connectivity index (χ1n) is 9.02. The van der Waals surface area contributed by atoms with E-state index in [1.807, 2.05) is 24.3 Å². The van der Waals surface area contributed by atoms with Gasteiger partial charge < -0.3 is 20.9 Å². The van der Waals surface area contributed by atoms with E-state index in [1.165, 1.54) is 38.5 Å². The number of hydrogen-bond acceptors (Lipinski definition) is 4. The third-order valence-electron chi connectivity index (χ3n) is 6.07. The summed E-state index contributed by atoms with van der Waals surface area (Å²) in [6.07, 6.45) is 7.80. The van der Waals surface area contributed by atoms with Crippen molar-refractivity contribution in [1.82, 2.24) is 5.32 Å². The van der Waals surface area contributed by atoms with Gasteiger partial charge in [0.25, 0.3) is 0 Å². The van der Waals surface area contributed by atoms with Crippen molar-refractivity contribution in [2.24, 2.45) is 17.8 Å². The summed E-state index contributed by atoms with van der Waals surface area (Å²) in [5.41, 5.74) is 6.69. The fourth-order valence-electron chi connectivity index (χ4n) is 5.48. The first kappa shape index (κ1) is 15.3. The highest BCUT2D eigenvalue weighted by Gasteiger charge is 2.50. The van der Waals surface area contributed by atoms with Gasteiger partial charge in [0.05, 0.1) is 0 Å². The van der Waals surface area contributed by atoms with Gasteiger partial charge in [-0.15, -0.1) is 0 Å². The summed E-state index contributed by atoms with van der Waals surface area (Å²) in [6.45, 7) is 0.949. The molecule has 0 aliphatic heterocycles. The largest absolute Gasteiger partial charge is 0.491 e. The Labute approximate surface area is 138 Å². The fraction of sp³-hybridized carbons (Fsp3) is 0.684. The summed E-state index contributed by atoms with van der Waals surface area (Å²) in [4.78, 5) is 0. The lowest BCUT2D eigenvalue weighted by Crippen LogP contribution is -2.59. The van der Waals surface area contributed by atoms with Crippen LogP contribution >= 0.6 is 0 Å². The second-order valence-corrected chi connectivity index (χ2v) is 8.11. The number of ether oxygens (including phenoxy) is 1. The van der Waals surface area contributed by atoms with E-state index in [2.05, 4.69) is 5.32 Å². The molecular formula is C19H28N2O2. The first-order valence-corrected chi connectivity index (χ1v) is 9.02. The molecule has 0 heterocycles. The maximum atomic E-state index is 10.3. The molecule has 4 heteroatoms. The minimum absolute atomic E-state index is 0.303. The first-order chi connectivity index (χ1) is 11.1. The Morgan fingerprint density at radius 2 is 1.65 bits per heavy atom. The van der Waals surface area contributed by atoms with Crippen LogP contribution in [0.1, 0.15) is 38.5 Å². The van der Waals surface area contributed by atoms with Crippen molar-refractivity contribution in [3.63, 3.8) is 0 Å². The van der Waals surface area contributed by atoms with E-state index in [0.29, 0.717) is 18.7 Å². The molecule has 1 aromatic rings. The normalized spacial score (nSPS) is 36.1. The summed E-state index contributed by atoms with van der Waals surface area (Å²) in [5, 5.41) is 14.0. The molecule has 5 rings (SSSR count). The number of nitrogen functional groups attached to an aromatic ring is 1. The molecule has 126 valence electrons. The number of hydrogen-bond donors (Lipinski definition) is 3. The Kier molecular flexibility index (Phi) is 3.98. The zero-order valence-corrected chi connectivity index (χ0v) is 13.7. The summed E-state index contributed by atoms with van der Waals surface area (Å²) >= 11 is 0. The van der Waals surface area contributed by atoms with E-state index in [4.69, 9.17) is 10.5 Å². The maximum Gasteiger partial charge on any atom is 0.119 e. The van der Waals surface area contributed by atoms with E-state index in [-0.39, 0.29) is 0 Å². The van der Waals surface area contributed by atoms with E-state index in [9.17, 15) is 5.11 Å². The highest BCUT2D eigenvalue weighted by Crippen LogP contribution is 2.55. The van der Waals surface area contributed by atoms with E-state index in [1.54, 1.807) is 0 Å². The Morgan fingerprint density at radius 1 is 1.09 bits per heavy atom. The predicted octanol–water partition coefficient (Wildman–Crippen LogP) is 2.57. The average Bonchev–Trinajstić information content (AvgIpc) is 2.51. The lowest BCUT2D eigenvalue weighted by molar-refractivity contribution is -0.0266. The number of rotatable bonds is 6. The van der Waals surface area contributed by atoms with Crippen molar-refractivity contribution in [2.75, 3.05) is 18.9 Å². The van der Waals surface area contributed by atoms with Crippen LogP contribution in [0, 0.1) is 17.8 Å². The fourth-order valence-corrected chi connectivity index (χ4v) is 5.48. The van der Waals surface area contributed by atoms with Gasteiger partial charge >= 0.3 is 0 Å². The van der Waals surface area contributed by atoms with E-state index >= 15 is 0 Å². The van der Waals surface area contributed by atoms with Gasteiger partial charge in [0.1, 0.15) is 18.5 Å². The molecule has 1 atom stereocenters. The smallest absolute Gasteiger partial charge is 0.119 e. The molecule has 4 aliphatic carbocycles. The van der Waals surface area contributed by atoms with Crippen LogP contribution < -0.4 is 15.8 Å². The van der Waals surface area contributed by atoms with Gasteiger partial charge in [0, 0.05) is 17.8 Å². The molecule has 0 radical (unpaired) electrons. The molecule has 0 aromatic heterocycles. The van der Waals surface area contributed by atoms with Gasteiger partial charge in [-0.2, -0.15) is 0 Å². The monoisotopic (exact) mass is 316 g/mol. The standard InChI is InChI=1S/C19H28N2O2/c20-16-1-3-18(4-2-16)23-12-17(22)11-21-19-8-13-5-14(9-19)7-15(6-13)10-19/h1-4,13-15,17,21-22H,5-12,20H2. The number of anilines is 1. The van der Waals surface area contributed by atoms with Crippen LogP contribution in [0.4, 0.5) is 5.69 Å². The van der Waals surface area contributed by atoms with Crippen molar-refractivity contribution in [1.29, 1.82) is 0 Å². The van der Waals surface area contributed by atoms with Gasteiger partial charge in [-0.1, -0.05) is 0 Å². The number of nitrogens with two attached hydrogens (primary N) is 1. The minimum Gasteiger partial charge on any atom is -0.491 e. The van der Waals surface area contributed by atoms with Crippen LogP contribution in [0.2, 0.25) is 0 Å². The molecule has 4 aliphatic rings. The van der Waals surface area contributed by atoms with Gasteiger partial charge in [0.2, 0.25) is 0 Å². The van der Waals surface area contributed by atoms with Crippen LogP contribution in [0.25, 0.3) is 0 Å². The quantitative estimate of drug-likeness (QED) is 0.706. The Hall–Kier alpha value is -1.26. The van der Waals surface area contributed by atoms with Crippen LogP contribution in [0.5, 0.6) is 5.75 Å². The van der Waals surface area contributed by atoms with Crippen molar-refractivity contribution in [2.45, 2.75) is 50.2 Å². The molecule has 4 fully saturated rings. The molecule has 1 unspecified atom stereocenters. The number of β-amino-alcohol motifs (C(OH)–C–C–N with tert-alkyl or cyclic N) is 1. The molecule has 0 saturated heterocycles. The second-order valence-electron chi connectivity index (χ2n) is 8.11. The van der Waals surface area contributed by atoms with Crippen LogP contribution in [-0.2, 0) is 0 Å². The summed E-state index contributed by atoms with van der Waals surface area (Å²) < 4.78 is 5.65. The van der Waals surface area contributed by atoms with Crippen molar-refractivity contribution < 1.29 is 9.84 Å². The van der Waals surface area contributed by atoms with Crippen molar-refractivity contribution in [3.05, 3.63) is 24.3 Å². The third kappa shape index (κ3) is 3.33. The lowest BCUT2D eigenvalue weighted by atomic mass is 9.53. The molecule has 4 N–H and O–H groups in total. The summed E-state index contributed by atoms with van der Waals surface area (Å²) in [6, 6.07) is 7.31. The van der Waals surface area contributed by atoms with Crippen molar-refractivity contribution >= 4 is 5.69 Å². The second kappa shape index (κ2) is 5.99. The Balaban J connectivity index is 1.26. The van der Waals surface area contributed by atoms with Crippen LogP contribution in [-0.4, -0.2) is 29.9 Å². The molecular weight excluding hydrogens is 288 g/mol. The summed E-state index contributed by atoms with van der Waals surface area (Å²) in [7, 11) is 0. The number of aliphatic hydroxyl groups excluding tert-OH is 1. The predicted molar refractivity (Wildman–Crippen MR) is 91.3 cm³/mol. The molecule has 0 spiro atoms. The zero-order valence-electron chi connectivity index (χ0n) is 13.7. The van der Waals surface area contributed by atoms with E-state index in [0.717, 1.165) is 29.2 Å². The molecule has 4 saturated carbocycles. The molecule has 0 amide bonds. The number of nitrogens with one attached hydrogen (secondary N) is 1. The zero-order chi connectivity index (χ0) is 15.9. The van der Waals surface area contributed by atoms with Gasteiger partial charge in [-0.3, -0.25) is 0 Å². The van der Waals surface area contributed by atoms with Gasteiger partial charge in [-0.05, 0) is 80.5 Å².